The molecule has 1 aliphatic heterocycles. The average Bonchev–Trinajstić information content (AvgIpc) is 3.24. The number of benzene rings is 1. The van der Waals surface area contributed by atoms with E-state index in [0.29, 0.717) is 23.9 Å². The van der Waals surface area contributed by atoms with Crippen molar-refractivity contribution >= 4 is 23.3 Å². The minimum absolute atomic E-state index is 0.0148. The molecule has 0 aliphatic carbocycles. The molecule has 174 valence electrons. The first-order chi connectivity index (χ1) is 15.4. The first-order valence-electron chi connectivity index (χ1n) is 11.0. The third-order valence-electron chi connectivity index (χ3n) is 5.27. The topological polar surface area (TPSA) is 96.8 Å². The number of hydrogen-bond acceptors (Lipinski definition) is 7. The molecular weight excluding hydrogens is 432 g/mol. The van der Waals surface area contributed by atoms with Crippen molar-refractivity contribution in [2.24, 2.45) is 0 Å². The fourth-order valence-electron chi connectivity index (χ4n) is 3.46. The van der Waals surface area contributed by atoms with E-state index in [4.69, 9.17) is 21.1 Å². The minimum atomic E-state index is -0.617. The number of halogens is 1. The molecule has 2 N–H and O–H groups in total. The highest BCUT2D eigenvalue weighted by Crippen LogP contribution is 2.33. The molecule has 3 rings (SSSR count). The third-order valence-corrected chi connectivity index (χ3v) is 5.60. The van der Waals surface area contributed by atoms with E-state index in [1.807, 2.05) is 43.0 Å². The van der Waals surface area contributed by atoms with Crippen LogP contribution in [0.5, 0.6) is 11.6 Å². The monoisotopic (exact) mass is 462 g/mol. The molecule has 0 bridgehead atoms. The molecule has 0 radical (unpaired) electrons. The summed E-state index contributed by atoms with van der Waals surface area (Å²) in [7, 11) is 0. The molecule has 3 unspecified atom stereocenters. The molecule has 1 saturated heterocycles. The van der Waals surface area contributed by atoms with Gasteiger partial charge in [-0.15, -0.1) is 0 Å². The van der Waals surface area contributed by atoms with E-state index in [1.54, 1.807) is 6.92 Å². The van der Waals surface area contributed by atoms with E-state index in [0.717, 1.165) is 30.7 Å². The van der Waals surface area contributed by atoms with Crippen LogP contribution in [0.1, 0.15) is 45.1 Å². The predicted octanol–water partition coefficient (Wildman–Crippen LogP) is 3.18. The van der Waals surface area contributed by atoms with Crippen LogP contribution in [0.3, 0.4) is 0 Å². The Labute approximate surface area is 193 Å². The zero-order valence-electron chi connectivity index (χ0n) is 18.8. The van der Waals surface area contributed by atoms with Crippen molar-refractivity contribution in [3.05, 3.63) is 41.2 Å². The van der Waals surface area contributed by atoms with Gasteiger partial charge in [-0.05, 0) is 38.0 Å². The van der Waals surface area contributed by atoms with E-state index in [9.17, 15) is 9.90 Å². The molecule has 3 atom stereocenters. The molecule has 32 heavy (non-hydrogen) atoms. The number of nitrogens with zero attached hydrogens (tertiary/aromatic N) is 3. The van der Waals surface area contributed by atoms with Gasteiger partial charge in [0.1, 0.15) is 29.8 Å². The number of rotatable bonds is 10. The lowest BCUT2D eigenvalue weighted by molar-refractivity contribution is -0.122. The van der Waals surface area contributed by atoms with E-state index in [-0.39, 0.29) is 30.4 Å². The first-order valence-corrected chi connectivity index (χ1v) is 11.4. The van der Waals surface area contributed by atoms with Crippen molar-refractivity contribution in [3.8, 4) is 11.6 Å². The van der Waals surface area contributed by atoms with E-state index < -0.39 is 6.10 Å². The molecule has 1 fully saturated rings. The third kappa shape index (κ3) is 6.23. The van der Waals surface area contributed by atoms with E-state index in [2.05, 4.69) is 15.3 Å². The Morgan fingerprint density at radius 1 is 1.31 bits per heavy atom. The maximum Gasteiger partial charge on any atom is 0.238 e. The molecule has 9 heteroatoms. The van der Waals surface area contributed by atoms with Crippen LogP contribution in [-0.2, 0) is 4.79 Å². The first kappa shape index (κ1) is 24.1. The van der Waals surface area contributed by atoms with Crippen LogP contribution in [0.15, 0.2) is 30.6 Å². The van der Waals surface area contributed by atoms with Crippen LogP contribution in [-0.4, -0.2) is 59.4 Å². The van der Waals surface area contributed by atoms with Crippen molar-refractivity contribution in [3.63, 3.8) is 0 Å². The van der Waals surface area contributed by atoms with E-state index in [1.165, 1.54) is 6.33 Å². The van der Waals surface area contributed by atoms with Gasteiger partial charge in [0.2, 0.25) is 11.8 Å². The lowest BCUT2D eigenvalue weighted by Gasteiger charge is -2.20. The Balaban J connectivity index is 1.57. The zero-order chi connectivity index (χ0) is 23.1. The summed E-state index contributed by atoms with van der Waals surface area (Å²) in [6, 6.07) is 7.68. The normalized spacial score (nSPS) is 17.7. The molecular formula is C23H31ClN4O4. The predicted molar refractivity (Wildman–Crippen MR) is 124 cm³/mol. The number of aliphatic hydroxyl groups excluding tert-OH is 1. The number of nitrogens with one attached hydrogen (secondary N) is 1. The van der Waals surface area contributed by atoms with Gasteiger partial charge in [-0.25, -0.2) is 9.97 Å². The van der Waals surface area contributed by atoms with Crippen LogP contribution >= 0.6 is 11.6 Å². The van der Waals surface area contributed by atoms with E-state index >= 15 is 0 Å². The van der Waals surface area contributed by atoms with Crippen molar-refractivity contribution < 1.29 is 19.4 Å². The molecule has 0 spiro atoms. The largest absolute Gasteiger partial charge is 0.489 e. The second-order valence-electron chi connectivity index (χ2n) is 8.03. The van der Waals surface area contributed by atoms with Gasteiger partial charge < -0.3 is 24.8 Å². The lowest BCUT2D eigenvalue weighted by atomic mass is 10.0. The molecule has 1 aliphatic rings. The van der Waals surface area contributed by atoms with Gasteiger partial charge in [-0.3, -0.25) is 4.79 Å². The van der Waals surface area contributed by atoms with Crippen molar-refractivity contribution in [2.45, 2.75) is 51.7 Å². The van der Waals surface area contributed by atoms with Gasteiger partial charge in [-0.2, -0.15) is 0 Å². The summed E-state index contributed by atoms with van der Waals surface area (Å²) in [6.45, 7) is 7.73. The highest BCUT2D eigenvalue weighted by Gasteiger charge is 2.28. The summed E-state index contributed by atoms with van der Waals surface area (Å²) in [4.78, 5) is 22.6. The second kappa shape index (κ2) is 11.3. The average molecular weight is 463 g/mol. The summed E-state index contributed by atoms with van der Waals surface area (Å²) < 4.78 is 11.6. The minimum Gasteiger partial charge on any atom is -0.489 e. The van der Waals surface area contributed by atoms with Crippen molar-refractivity contribution in [1.82, 2.24) is 15.3 Å². The number of aromatic nitrogens is 2. The highest BCUT2D eigenvalue weighted by atomic mass is 35.5. The molecule has 1 aromatic heterocycles. The number of aliphatic hydroxyl groups is 1. The SMILES string of the molecule is CCCNC(=O)C(C)c1ccc(OC2CCN(c3ncnc(OCC(C)O)c3Cl)C2)cc1. The Morgan fingerprint density at radius 2 is 2.06 bits per heavy atom. The van der Waals surface area contributed by atoms with Gasteiger partial charge >= 0.3 is 0 Å². The van der Waals surface area contributed by atoms with Gasteiger partial charge in [0.05, 0.1) is 18.6 Å². The number of ether oxygens (including phenoxy) is 2. The van der Waals surface area contributed by atoms with Crippen LogP contribution in [0, 0.1) is 0 Å². The molecule has 2 heterocycles. The fraction of sp³-hybridized carbons (Fsp3) is 0.522. The standard InChI is InChI=1S/C23H31ClN4O4/c1-4-10-25-22(30)16(3)17-5-7-18(8-6-17)32-19-9-11-28(12-19)21-20(24)23(27-14-26-21)31-13-15(2)29/h5-8,14-16,19,29H,4,9-13H2,1-3H3,(H,25,30). The number of anilines is 1. The van der Waals surface area contributed by atoms with Crippen molar-refractivity contribution in [2.75, 3.05) is 31.1 Å². The number of carbonyl (C=O) groups is 1. The number of hydrogen-bond donors (Lipinski definition) is 2. The summed E-state index contributed by atoms with van der Waals surface area (Å²) >= 11 is 6.44. The second-order valence-corrected chi connectivity index (χ2v) is 8.41. The van der Waals surface area contributed by atoms with Crippen LogP contribution in [0.4, 0.5) is 5.82 Å². The number of amides is 1. The Hall–Kier alpha value is -2.58. The Kier molecular flexibility index (Phi) is 8.53. The van der Waals surface area contributed by atoms with Crippen LogP contribution in [0.2, 0.25) is 5.02 Å². The summed E-state index contributed by atoms with van der Waals surface area (Å²) in [5.41, 5.74) is 0.955. The van der Waals surface area contributed by atoms with Crippen LogP contribution in [0.25, 0.3) is 0 Å². The van der Waals surface area contributed by atoms with Crippen molar-refractivity contribution in [1.29, 1.82) is 0 Å². The van der Waals surface area contributed by atoms with Gasteiger partial charge in [0.25, 0.3) is 0 Å². The van der Waals surface area contributed by atoms with Gasteiger partial charge in [0.15, 0.2) is 5.82 Å². The molecule has 1 aromatic carbocycles. The molecule has 1 amide bonds. The number of carbonyl (C=O) groups excluding carboxylic acids is 1. The Bertz CT molecular complexity index is 894. The summed E-state index contributed by atoms with van der Waals surface area (Å²) in [5, 5.41) is 12.7. The van der Waals surface area contributed by atoms with Crippen LogP contribution < -0.4 is 19.7 Å². The molecule has 2 aromatic rings. The maximum absolute atomic E-state index is 12.2. The molecule has 0 saturated carbocycles. The maximum atomic E-state index is 12.2. The van der Waals surface area contributed by atoms with Gasteiger partial charge in [0, 0.05) is 19.5 Å². The lowest BCUT2D eigenvalue weighted by Crippen LogP contribution is -2.28. The highest BCUT2D eigenvalue weighted by molar-refractivity contribution is 6.34. The Morgan fingerprint density at radius 3 is 2.75 bits per heavy atom. The van der Waals surface area contributed by atoms with Gasteiger partial charge in [-0.1, -0.05) is 30.7 Å². The zero-order valence-corrected chi connectivity index (χ0v) is 19.5. The molecule has 8 nitrogen and oxygen atoms in total. The fourth-order valence-corrected chi connectivity index (χ4v) is 3.73. The smallest absolute Gasteiger partial charge is 0.238 e. The summed E-state index contributed by atoms with van der Waals surface area (Å²) in [5.74, 6) is 1.44. The quantitative estimate of drug-likeness (QED) is 0.559. The summed E-state index contributed by atoms with van der Waals surface area (Å²) in [6.07, 6.45) is 2.51.